The van der Waals surface area contributed by atoms with Crippen molar-refractivity contribution in [3.05, 3.63) is 38.0 Å². The van der Waals surface area contributed by atoms with Crippen LogP contribution < -0.4 is 0 Å². The van der Waals surface area contributed by atoms with Gasteiger partial charge >= 0.3 is 0 Å². The van der Waals surface area contributed by atoms with E-state index in [1.54, 1.807) is 0 Å². The van der Waals surface area contributed by atoms with Gasteiger partial charge in [-0.05, 0) is 6.92 Å². The molecule has 12 heavy (non-hydrogen) atoms. The van der Waals surface area contributed by atoms with Gasteiger partial charge in [0.1, 0.15) is 11.7 Å². The van der Waals surface area contributed by atoms with Gasteiger partial charge in [-0.15, -0.1) is 6.58 Å². The van der Waals surface area contributed by atoms with Gasteiger partial charge in [0, 0.05) is 6.61 Å². The second-order valence-corrected chi connectivity index (χ2v) is 2.41. The molecular formula is C10H16O2. The van der Waals surface area contributed by atoms with Crippen molar-refractivity contribution in [3.63, 3.8) is 0 Å². The Bertz CT molecular complexity index is 165. The maximum atomic E-state index is 9.79. The summed E-state index contributed by atoms with van der Waals surface area (Å²) < 4.78 is 5.23. The largest absolute Gasteiger partial charge is 0.379 e. The van der Waals surface area contributed by atoms with Crippen molar-refractivity contribution < 1.29 is 9.84 Å². The van der Waals surface area contributed by atoms with Crippen molar-refractivity contribution in [1.82, 2.24) is 0 Å². The van der Waals surface area contributed by atoms with Gasteiger partial charge in [-0.3, -0.25) is 0 Å². The number of rotatable bonds is 6. The molecule has 0 fully saturated rings. The Morgan fingerprint density at radius 2 is 1.92 bits per heavy atom. The van der Waals surface area contributed by atoms with Crippen LogP contribution in [0.3, 0.4) is 0 Å². The van der Waals surface area contributed by atoms with Gasteiger partial charge in [0.05, 0.1) is 0 Å². The van der Waals surface area contributed by atoms with E-state index in [-0.39, 0.29) is 0 Å². The molecule has 0 heterocycles. The molecule has 1 N–H and O–H groups in total. The fourth-order valence-corrected chi connectivity index (χ4v) is 0.886. The van der Waals surface area contributed by atoms with Crippen LogP contribution in [0.25, 0.3) is 0 Å². The molecule has 0 spiro atoms. The average molecular weight is 168 g/mol. The fourth-order valence-electron chi connectivity index (χ4n) is 0.886. The zero-order valence-corrected chi connectivity index (χ0v) is 7.49. The summed E-state index contributed by atoms with van der Waals surface area (Å²) in [4.78, 5) is 0. The van der Waals surface area contributed by atoms with Crippen molar-refractivity contribution in [3.8, 4) is 0 Å². The number of hydrogen-bond acceptors (Lipinski definition) is 2. The van der Waals surface area contributed by atoms with Crippen molar-refractivity contribution in [2.24, 2.45) is 0 Å². The lowest BCUT2D eigenvalue weighted by molar-refractivity contribution is -0.0239. The van der Waals surface area contributed by atoms with Crippen LogP contribution in [0.4, 0.5) is 0 Å². The highest BCUT2D eigenvalue weighted by Crippen LogP contribution is 2.17. The van der Waals surface area contributed by atoms with Gasteiger partial charge in [-0.25, -0.2) is 0 Å². The first-order valence-electron chi connectivity index (χ1n) is 3.88. The lowest BCUT2D eigenvalue weighted by Crippen LogP contribution is -2.38. The molecule has 1 atom stereocenters. The van der Waals surface area contributed by atoms with Gasteiger partial charge in [-0.1, -0.05) is 31.4 Å². The van der Waals surface area contributed by atoms with E-state index in [1.165, 1.54) is 18.2 Å². The summed E-state index contributed by atoms with van der Waals surface area (Å²) in [7, 11) is 0. The van der Waals surface area contributed by atoms with E-state index in [0.717, 1.165) is 0 Å². The minimum Gasteiger partial charge on any atom is -0.379 e. The van der Waals surface area contributed by atoms with E-state index in [2.05, 4.69) is 19.7 Å². The molecule has 0 saturated carbocycles. The fraction of sp³-hybridized carbons (Fsp3) is 0.400. The average Bonchev–Trinajstić information content (AvgIpc) is 2.13. The second-order valence-electron chi connectivity index (χ2n) is 2.41. The third kappa shape index (κ3) is 2.32. The van der Waals surface area contributed by atoms with Gasteiger partial charge in [0.2, 0.25) is 0 Å². The first-order valence-corrected chi connectivity index (χ1v) is 3.88. The molecule has 0 rings (SSSR count). The number of aliphatic hydroxyl groups is 1. The molecule has 2 heteroatoms. The molecule has 0 aliphatic rings. The SMILES string of the molecule is C=CC(OCC)C(O)(C=C)C=C. The minimum atomic E-state index is -1.21. The summed E-state index contributed by atoms with van der Waals surface area (Å²) in [5, 5.41) is 9.79. The molecule has 0 aliphatic heterocycles. The monoisotopic (exact) mass is 168 g/mol. The van der Waals surface area contributed by atoms with Crippen LogP contribution in [0.5, 0.6) is 0 Å². The molecular weight excluding hydrogens is 152 g/mol. The Balaban J connectivity index is 4.53. The summed E-state index contributed by atoms with van der Waals surface area (Å²) in [6, 6.07) is 0. The van der Waals surface area contributed by atoms with Crippen LogP contribution in [-0.4, -0.2) is 23.4 Å². The molecule has 0 amide bonds. The third-order valence-electron chi connectivity index (χ3n) is 1.67. The zero-order valence-electron chi connectivity index (χ0n) is 7.49. The lowest BCUT2D eigenvalue weighted by Gasteiger charge is -2.27. The number of ether oxygens (including phenoxy) is 1. The Labute approximate surface area is 73.9 Å². The summed E-state index contributed by atoms with van der Waals surface area (Å²) in [6.07, 6.45) is 3.84. The van der Waals surface area contributed by atoms with Crippen LogP contribution in [0.2, 0.25) is 0 Å². The Kier molecular flexibility index (Phi) is 4.55. The first kappa shape index (κ1) is 11.1. The Morgan fingerprint density at radius 1 is 1.42 bits per heavy atom. The summed E-state index contributed by atoms with van der Waals surface area (Å²) >= 11 is 0. The van der Waals surface area contributed by atoms with Gasteiger partial charge < -0.3 is 9.84 Å². The van der Waals surface area contributed by atoms with E-state index >= 15 is 0 Å². The van der Waals surface area contributed by atoms with Gasteiger partial charge in [0.15, 0.2) is 0 Å². The molecule has 0 aromatic heterocycles. The Morgan fingerprint density at radius 3 is 2.17 bits per heavy atom. The van der Waals surface area contributed by atoms with E-state index in [1.807, 2.05) is 6.92 Å². The molecule has 0 radical (unpaired) electrons. The molecule has 0 bridgehead atoms. The summed E-state index contributed by atoms with van der Waals surface area (Å²) in [6.45, 7) is 12.9. The zero-order chi connectivity index (χ0) is 9.61. The highest BCUT2D eigenvalue weighted by Gasteiger charge is 2.28. The van der Waals surface area contributed by atoms with Crippen molar-refractivity contribution >= 4 is 0 Å². The minimum absolute atomic E-state index is 0.475. The Hall–Kier alpha value is -0.860. The lowest BCUT2D eigenvalue weighted by atomic mass is 9.97. The van der Waals surface area contributed by atoms with Crippen LogP contribution in [0.15, 0.2) is 38.0 Å². The third-order valence-corrected chi connectivity index (χ3v) is 1.67. The standard InChI is InChI=1S/C10H16O2/c1-5-9(12-8-4)10(11,6-2)7-3/h5-7,9,11H,1-3,8H2,4H3. The smallest absolute Gasteiger partial charge is 0.130 e. The normalized spacial score (nSPS) is 13.5. The highest BCUT2D eigenvalue weighted by atomic mass is 16.5. The van der Waals surface area contributed by atoms with Crippen molar-refractivity contribution in [1.29, 1.82) is 0 Å². The molecule has 0 aromatic rings. The molecule has 1 unspecified atom stereocenters. The van der Waals surface area contributed by atoms with E-state index in [9.17, 15) is 5.11 Å². The maximum absolute atomic E-state index is 9.79. The van der Waals surface area contributed by atoms with Crippen molar-refractivity contribution in [2.45, 2.75) is 18.6 Å². The van der Waals surface area contributed by atoms with Crippen LogP contribution in [-0.2, 0) is 4.74 Å². The summed E-state index contributed by atoms with van der Waals surface area (Å²) in [5.41, 5.74) is -1.21. The second kappa shape index (κ2) is 4.91. The first-order chi connectivity index (χ1) is 5.64. The van der Waals surface area contributed by atoms with Crippen molar-refractivity contribution in [2.75, 3.05) is 6.61 Å². The van der Waals surface area contributed by atoms with E-state index < -0.39 is 11.7 Å². The summed E-state index contributed by atoms with van der Waals surface area (Å²) in [5.74, 6) is 0. The molecule has 0 aromatic carbocycles. The van der Waals surface area contributed by atoms with E-state index in [0.29, 0.717) is 6.61 Å². The number of hydrogen-bond donors (Lipinski definition) is 1. The molecule has 68 valence electrons. The molecule has 0 aliphatic carbocycles. The van der Waals surface area contributed by atoms with Gasteiger partial charge in [-0.2, -0.15) is 0 Å². The maximum Gasteiger partial charge on any atom is 0.130 e. The topological polar surface area (TPSA) is 29.5 Å². The van der Waals surface area contributed by atoms with E-state index in [4.69, 9.17) is 4.74 Å². The molecule has 0 saturated heterocycles. The predicted octanol–water partition coefficient (Wildman–Crippen LogP) is 1.68. The predicted molar refractivity (Wildman–Crippen MR) is 51.0 cm³/mol. The van der Waals surface area contributed by atoms with Crippen LogP contribution >= 0.6 is 0 Å². The van der Waals surface area contributed by atoms with Crippen LogP contribution in [0.1, 0.15) is 6.92 Å². The quantitative estimate of drug-likeness (QED) is 0.611. The van der Waals surface area contributed by atoms with Crippen LogP contribution in [0, 0.1) is 0 Å². The molecule has 2 nitrogen and oxygen atoms in total. The van der Waals surface area contributed by atoms with Gasteiger partial charge in [0.25, 0.3) is 0 Å². The highest BCUT2D eigenvalue weighted by molar-refractivity contribution is 5.17.